The molecule has 0 fully saturated rings. The van der Waals surface area contributed by atoms with E-state index in [1.165, 1.54) is 7.11 Å². The average Bonchev–Trinajstić information content (AvgIpc) is 2.55. The highest BCUT2D eigenvalue weighted by Gasteiger charge is 2.25. The number of hydrogen-bond acceptors (Lipinski definition) is 5. The molecular formula is C18H25IN2O5. The van der Waals surface area contributed by atoms with Gasteiger partial charge in [-0.3, -0.25) is 9.59 Å². The van der Waals surface area contributed by atoms with Gasteiger partial charge >= 0.3 is 12.1 Å². The Bertz CT molecular complexity index is 625. The molecule has 0 saturated carbocycles. The predicted molar refractivity (Wildman–Crippen MR) is 105 cm³/mol. The minimum absolute atomic E-state index is 0.00785. The van der Waals surface area contributed by atoms with Crippen LogP contribution in [0.25, 0.3) is 0 Å². The quantitative estimate of drug-likeness (QED) is 0.467. The maximum atomic E-state index is 12.5. The zero-order valence-corrected chi connectivity index (χ0v) is 17.6. The summed E-state index contributed by atoms with van der Waals surface area (Å²) in [5, 5.41) is 5.28. The number of nitrogens with one attached hydrogen (secondary N) is 2. The van der Waals surface area contributed by atoms with Gasteiger partial charge < -0.3 is 20.1 Å². The number of halogens is 1. The monoisotopic (exact) mass is 476 g/mol. The van der Waals surface area contributed by atoms with E-state index in [1.54, 1.807) is 20.8 Å². The molecule has 1 rings (SSSR count). The molecule has 1 aromatic carbocycles. The third kappa shape index (κ3) is 9.02. The topological polar surface area (TPSA) is 93.7 Å². The van der Waals surface area contributed by atoms with Crippen molar-refractivity contribution in [3.05, 3.63) is 33.4 Å². The summed E-state index contributed by atoms with van der Waals surface area (Å²) < 4.78 is 10.9. The first-order chi connectivity index (χ1) is 12.1. The molecule has 0 saturated heterocycles. The van der Waals surface area contributed by atoms with Gasteiger partial charge in [-0.05, 0) is 67.5 Å². The summed E-state index contributed by atoms with van der Waals surface area (Å²) in [7, 11) is 1.27. The molecule has 8 heteroatoms. The molecule has 0 aliphatic rings. The Labute approximate surface area is 167 Å². The molecule has 0 heterocycles. The van der Waals surface area contributed by atoms with Crippen molar-refractivity contribution in [1.82, 2.24) is 10.6 Å². The van der Waals surface area contributed by atoms with Crippen molar-refractivity contribution < 1.29 is 23.9 Å². The Morgan fingerprint density at radius 3 is 2.31 bits per heavy atom. The summed E-state index contributed by atoms with van der Waals surface area (Å²) in [6.07, 6.45) is -0.588. The van der Waals surface area contributed by atoms with Gasteiger partial charge in [-0.25, -0.2) is 4.79 Å². The van der Waals surface area contributed by atoms with Crippen LogP contribution >= 0.6 is 22.6 Å². The summed E-state index contributed by atoms with van der Waals surface area (Å²) in [6.45, 7) is 5.51. The molecular weight excluding hydrogens is 451 g/mol. The van der Waals surface area contributed by atoms with Gasteiger partial charge in [0.05, 0.1) is 7.11 Å². The fourth-order valence-electron chi connectivity index (χ4n) is 2.00. The zero-order chi connectivity index (χ0) is 19.7. The number of methoxy groups -OCH3 is 1. The number of carbonyl (C=O) groups is 3. The fraction of sp³-hybridized carbons (Fsp3) is 0.500. The van der Waals surface area contributed by atoms with E-state index in [-0.39, 0.29) is 12.8 Å². The van der Waals surface area contributed by atoms with Gasteiger partial charge in [0.2, 0.25) is 5.91 Å². The number of rotatable bonds is 7. The van der Waals surface area contributed by atoms with Crippen LogP contribution in [0.3, 0.4) is 0 Å². The average molecular weight is 476 g/mol. The van der Waals surface area contributed by atoms with Crippen molar-refractivity contribution in [3.8, 4) is 0 Å². The van der Waals surface area contributed by atoms with Gasteiger partial charge in [-0.2, -0.15) is 0 Å². The fourth-order valence-corrected chi connectivity index (χ4v) is 2.36. The molecule has 0 aliphatic heterocycles. The van der Waals surface area contributed by atoms with Gasteiger partial charge in [0.15, 0.2) is 0 Å². The number of ether oxygens (including phenoxy) is 2. The minimum atomic E-state index is -0.896. The van der Waals surface area contributed by atoms with E-state index in [2.05, 4.69) is 38.0 Å². The molecule has 2 N–H and O–H groups in total. The highest BCUT2D eigenvalue weighted by Crippen LogP contribution is 2.09. The maximum Gasteiger partial charge on any atom is 0.408 e. The first kappa shape index (κ1) is 22.2. The van der Waals surface area contributed by atoms with E-state index in [0.717, 1.165) is 9.13 Å². The molecule has 0 spiro atoms. The van der Waals surface area contributed by atoms with Crippen LogP contribution < -0.4 is 10.6 Å². The molecule has 0 aromatic heterocycles. The summed E-state index contributed by atoms with van der Waals surface area (Å²) in [5.41, 5.74) is 0.247. The number of carbonyl (C=O) groups excluding carboxylic acids is 3. The molecule has 2 amide bonds. The molecule has 26 heavy (non-hydrogen) atoms. The van der Waals surface area contributed by atoms with Crippen LogP contribution in [-0.2, 0) is 25.6 Å². The van der Waals surface area contributed by atoms with E-state index < -0.39 is 29.6 Å². The molecule has 0 aliphatic carbocycles. The van der Waals surface area contributed by atoms with Gasteiger partial charge in [-0.1, -0.05) is 12.1 Å². The van der Waals surface area contributed by atoms with Gasteiger partial charge in [0.25, 0.3) is 0 Å². The predicted octanol–water partition coefficient (Wildman–Crippen LogP) is 2.75. The van der Waals surface area contributed by atoms with Crippen LogP contribution in [-0.4, -0.2) is 36.7 Å². The molecule has 0 unspecified atom stereocenters. The zero-order valence-electron chi connectivity index (χ0n) is 15.4. The summed E-state index contributed by atoms with van der Waals surface area (Å²) >= 11 is 2.20. The second-order valence-corrected chi connectivity index (χ2v) is 7.90. The van der Waals surface area contributed by atoms with Crippen molar-refractivity contribution in [2.45, 2.75) is 51.8 Å². The molecule has 0 radical (unpaired) electrons. The van der Waals surface area contributed by atoms with Crippen molar-refractivity contribution in [2.75, 3.05) is 7.11 Å². The molecule has 0 bridgehead atoms. The second-order valence-electron chi connectivity index (χ2n) is 6.66. The van der Waals surface area contributed by atoms with Gasteiger partial charge in [0.1, 0.15) is 11.6 Å². The standard InChI is InChI=1S/C18H25IN2O5/c1-18(2,3)26-17(24)21-14(9-10-15(22)25-4)16(23)20-11-12-5-7-13(19)8-6-12/h5-8,14H,9-11H2,1-4H3,(H,20,23)(H,21,24)/t14-/m0/s1. The lowest BCUT2D eigenvalue weighted by Gasteiger charge is -2.23. The van der Waals surface area contributed by atoms with Crippen LogP contribution in [0.15, 0.2) is 24.3 Å². The summed E-state index contributed by atoms with van der Waals surface area (Å²) in [5.74, 6) is -0.843. The van der Waals surface area contributed by atoms with E-state index >= 15 is 0 Å². The smallest absolute Gasteiger partial charge is 0.408 e. The summed E-state index contributed by atoms with van der Waals surface area (Å²) in [4.78, 5) is 35.8. The lowest BCUT2D eigenvalue weighted by Crippen LogP contribution is -2.48. The Kier molecular flexibility index (Phi) is 8.83. The lowest BCUT2D eigenvalue weighted by molar-refractivity contribution is -0.141. The largest absolute Gasteiger partial charge is 0.469 e. The van der Waals surface area contributed by atoms with Crippen molar-refractivity contribution in [1.29, 1.82) is 0 Å². The maximum absolute atomic E-state index is 12.5. The van der Waals surface area contributed by atoms with Crippen LogP contribution in [0.2, 0.25) is 0 Å². The van der Waals surface area contributed by atoms with Gasteiger partial charge in [0, 0.05) is 16.5 Å². The molecule has 1 atom stereocenters. The van der Waals surface area contributed by atoms with Crippen LogP contribution in [0, 0.1) is 3.57 Å². The van der Waals surface area contributed by atoms with Crippen molar-refractivity contribution in [3.63, 3.8) is 0 Å². The Balaban J connectivity index is 2.68. The molecule has 1 aromatic rings. The highest BCUT2D eigenvalue weighted by atomic mass is 127. The summed E-state index contributed by atoms with van der Waals surface area (Å²) in [6, 6.07) is 6.80. The third-order valence-electron chi connectivity index (χ3n) is 3.25. The number of hydrogen-bond donors (Lipinski definition) is 2. The van der Waals surface area contributed by atoms with Crippen molar-refractivity contribution in [2.24, 2.45) is 0 Å². The highest BCUT2D eigenvalue weighted by molar-refractivity contribution is 14.1. The first-order valence-electron chi connectivity index (χ1n) is 8.19. The van der Waals surface area contributed by atoms with Crippen LogP contribution in [0.4, 0.5) is 4.79 Å². The van der Waals surface area contributed by atoms with Crippen molar-refractivity contribution >= 4 is 40.6 Å². The lowest BCUT2D eigenvalue weighted by atomic mass is 10.1. The Hall–Kier alpha value is -1.84. The van der Waals surface area contributed by atoms with E-state index in [4.69, 9.17) is 4.74 Å². The van der Waals surface area contributed by atoms with E-state index in [9.17, 15) is 14.4 Å². The second kappa shape index (κ2) is 10.3. The van der Waals surface area contributed by atoms with Crippen LogP contribution in [0.5, 0.6) is 0 Å². The SMILES string of the molecule is COC(=O)CC[C@H](NC(=O)OC(C)(C)C)C(=O)NCc1ccc(I)cc1. The Morgan fingerprint density at radius 1 is 1.15 bits per heavy atom. The molecule has 7 nitrogen and oxygen atoms in total. The number of esters is 1. The first-order valence-corrected chi connectivity index (χ1v) is 9.27. The van der Waals surface area contributed by atoms with Gasteiger partial charge in [-0.15, -0.1) is 0 Å². The van der Waals surface area contributed by atoms with Crippen LogP contribution in [0.1, 0.15) is 39.2 Å². The normalized spacial score (nSPS) is 12.0. The molecule has 144 valence electrons. The van der Waals surface area contributed by atoms with E-state index in [0.29, 0.717) is 6.54 Å². The minimum Gasteiger partial charge on any atom is -0.469 e. The number of amides is 2. The third-order valence-corrected chi connectivity index (χ3v) is 3.97. The van der Waals surface area contributed by atoms with E-state index in [1.807, 2.05) is 24.3 Å². The number of benzene rings is 1. The number of alkyl carbamates (subject to hydrolysis) is 1. The Morgan fingerprint density at radius 2 is 1.77 bits per heavy atom.